The summed E-state index contributed by atoms with van der Waals surface area (Å²) in [4.78, 5) is 32.8. The Kier molecular flexibility index (Phi) is 4.81. The number of carboxylic acid groups (broad SMARTS) is 1. The second-order valence-electron chi connectivity index (χ2n) is 3.68. The Hall–Kier alpha value is -2.64. The number of non-ortho nitro benzene ring substituents is 1. The van der Waals surface area contributed by atoms with Gasteiger partial charge < -0.3 is 14.7 Å². The molecule has 0 aliphatic heterocycles. The van der Waals surface area contributed by atoms with E-state index in [0.717, 1.165) is 4.90 Å². The fraction of sp³-hybridized carbons (Fsp3) is 0.273. The highest BCUT2D eigenvalue weighted by molar-refractivity contribution is 5.72. The predicted molar refractivity (Wildman–Crippen MR) is 64.0 cm³/mol. The predicted octanol–water partition coefficient (Wildman–Crippen LogP) is 1.50. The Morgan fingerprint density at radius 1 is 1.37 bits per heavy atom. The molecular weight excluding hydrogens is 256 g/mol. The van der Waals surface area contributed by atoms with E-state index in [4.69, 9.17) is 9.84 Å². The summed E-state index contributed by atoms with van der Waals surface area (Å²) in [5.41, 5.74) is -0.112. The Balaban J connectivity index is 2.56. The van der Waals surface area contributed by atoms with Crippen molar-refractivity contribution in [1.29, 1.82) is 0 Å². The van der Waals surface area contributed by atoms with Crippen molar-refractivity contribution in [3.05, 3.63) is 34.4 Å². The number of carbonyl (C=O) groups excluding carboxylic acids is 1. The average Bonchev–Trinajstić information content (AvgIpc) is 2.36. The van der Waals surface area contributed by atoms with E-state index in [1.54, 1.807) is 0 Å². The fourth-order valence-electron chi connectivity index (χ4n) is 1.17. The zero-order valence-electron chi connectivity index (χ0n) is 10.1. The van der Waals surface area contributed by atoms with E-state index in [1.807, 2.05) is 0 Å². The molecule has 1 rings (SSSR count). The van der Waals surface area contributed by atoms with Crippen LogP contribution in [0.5, 0.6) is 5.75 Å². The number of hydrogen-bond acceptors (Lipinski definition) is 5. The number of carboxylic acids is 1. The van der Waals surface area contributed by atoms with Crippen LogP contribution in [0.25, 0.3) is 0 Å². The molecule has 0 bridgehead atoms. The lowest BCUT2D eigenvalue weighted by atomic mass is 10.3. The number of nitro groups is 1. The first-order valence-corrected chi connectivity index (χ1v) is 5.29. The summed E-state index contributed by atoms with van der Waals surface area (Å²) in [6.07, 6.45) is -0.915. The highest BCUT2D eigenvalue weighted by Gasteiger charge is 2.13. The summed E-state index contributed by atoms with van der Waals surface area (Å²) < 4.78 is 4.91. The summed E-state index contributed by atoms with van der Waals surface area (Å²) >= 11 is 0. The van der Waals surface area contributed by atoms with Gasteiger partial charge >= 0.3 is 12.1 Å². The number of nitrogens with zero attached hydrogens (tertiary/aromatic N) is 2. The van der Waals surface area contributed by atoms with E-state index in [1.165, 1.54) is 31.3 Å². The molecule has 0 saturated heterocycles. The number of amides is 1. The third-order valence-electron chi connectivity index (χ3n) is 2.23. The third kappa shape index (κ3) is 4.62. The summed E-state index contributed by atoms with van der Waals surface area (Å²) in [7, 11) is 1.40. The maximum atomic E-state index is 11.5. The quantitative estimate of drug-likeness (QED) is 0.640. The topological polar surface area (TPSA) is 110 Å². The first kappa shape index (κ1) is 14.4. The van der Waals surface area contributed by atoms with Crippen LogP contribution in [-0.2, 0) is 4.79 Å². The average molecular weight is 268 g/mol. The first-order valence-electron chi connectivity index (χ1n) is 5.29. The normalized spacial score (nSPS) is 9.74. The lowest BCUT2D eigenvalue weighted by molar-refractivity contribution is -0.384. The molecule has 0 radical (unpaired) electrons. The van der Waals surface area contributed by atoms with Crippen LogP contribution in [0.2, 0.25) is 0 Å². The fourth-order valence-corrected chi connectivity index (χ4v) is 1.17. The van der Waals surface area contributed by atoms with Gasteiger partial charge in [-0.05, 0) is 12.1 Å². The molecule has 8 nitrogen and oxygen atoms in total. The maximum absolute atomic E-state index is 11.5. The van der Waals surface area contributed by atoms with E-state index < -0.39 is 17.0 Å². The summed E-state index contributed by atoms with van der Waals surface area (Å²) in [6.45, 7) is 0.0150. The molecule has 19 heavy (non-hydrogen) atoms. The molecule has 0 spiro atoms. The third-order valence-corrected chi connectivity index (χ3v) is 2.23. The van der Waals surface area contributed by atoms with Crippen LogP contribution in [0.15, 0.2) is 24.3 Å². The Labute approximate surface area is 108 Å². The molecule has 8 heteroatoms. The van der Waals surface area contributed by atoms with Crippen molar-refractivity contribution in [2.75, 3.05) is 13.6 Å². The van der Waals surface area contributed by atoms with Crippen LogP contribution < -0.4 is 4.74 Å². The number of hydrogen-bond donors (Lipinski definition) is 1. The second-order valence-corrected chi connectivity index (χ2v) is 3.68. The Morgan fingerprint density at radius 3 is 2.42 bits per heavy atom. The standard InChI is InChI=1S/C11H12N2O6/c1-12(7-6-10(14)15)11(16)19-9-4-2-8(3-5-9)13(17)18/h2-5H,6-7H2,1H3,(H,14,15). The van der Waals surface area contributed by atoms with E-state index in [9.17, 15) is 19.7 Å². The van der Waals surface area contributed by atoms with Gasteiger partial charge in [-0.25, -0.2) is 4.79 Å². The lowest BCUT2D eigenvalue weighted by Crippen LogP contribution is -2.31. The molecule has 0 aliphatic rings. The van der Waals surface area contributed by atoms with Crippen molar-refractivity contribution in [1.82, 2.24) is 4.90 Å². The van der Waals surface area contributed by atoms with Gasteiger partial charge in [-0.1, -0.05) is 0 Å². The molecule has 102 valence electrons. The minimum Gasteiger partial charge on any atom is -0.481 e. The Bertz CT molecular complexity index is 484. The maximum Gasteiger partial charge on any atom is 0.414 e. The van der Waals surface area contributed by atoms with Crippen LogP contribution >= 0.6 is 0 Å². The second kappa shape index (κ2) is 6.34. The van der Waals surface area contributed by atoms with Gasteiger partial charge in [-0.2, -0.15) is 0 Å². The van der Waals surface area contributed by atoms with Crippen LogP contribution in [0.1, 0.15) is 6.42 Å². The number of rotatable bonds is 5. The van der Waals surface area contributed by atoms with Crippen molar-refractivity contribution in [2.24, 2.45) is 0 Å². The number of ether oxygens (including phenoxy) is 1. The minimum atomic E-state index is -1.02. The molecule has 1 N–H and O–H groups in total. The molecule has 1 aromatic carbocycles. The Morgan fingerprint density at radius 2 is 1.95 bits per heavy atom. The van der Waals surface area contributed by atoms with E-state index in [-0.39, 0.29) is 24.4 Å². The molecule has 0 unspecified atom stereocenters. The number of aliphatic carboxylic acids is 1. The molecular formula is C11H12N2O6. The van der Waals surface area contributed by atoms with Gasteiger partial charge in [-0.15, -0.1) is 0 Å². The van der Waals surface area contributed by atoms with Gasteiger partial charge in [0.15, 0.2) is 0 Å². The van der Waals surface area contributed by atoms with Gasteiger partial charge in [-0.3, -0.25) is 14.9 Å². The number of benzene rings is 1. The molecule has 0 atom stereocenters. The van der Waals surface area contributed by atoms with E-state index in [2.05, 4.69) is 0 Å². The van der Waals surface area contributed by atoms with Crippen LogP contribution in [0.3, 0.4) is 0 Å². The van der Waals surface area contributed by atoms with Gasteiger partial charge in [0.1, 0.15) is 5.75 Å². The largest absolute Gasteiger partial charge is 0.481 e. The highest BCUT2D eigenvalue weighted by atomic mass is 16.6. The first-order chi connectivity index (χ1) is 8.90. The summed E-state index contributed by atoms with van der Waals surface area (Å²) in [6, 6.07) is 5.00. The smallest absolute Gasteiger partial charge is 0.414 e. The number of carbonyl (C=O) groups is 2. The highest BCUT2D eigenvalue weighted by Crippen LogP contribution is 2.17. The molecule has 1 amide bonds. The summed E-state index contributed by atoms with van der Waals surface area (Å²) in [5, 5.41) is 18.9. The van der Waals surface area contributed by atoms with Crippen molar-refractivity contribution in [3.63, 3.8) is 0 Å². The van der Waals surface area contributed by atoms with Gasteiger partial charge in [0.2, 0.25) is 0 Å². The van der Waals surface area contributed by atoms with Crippen LogP contribution in [-0.4, -0.2) is 40.6 Å². The van der Waals surface area contributed by atoms with E-state index in [0.29, 0.717) is 0 Å². The van der Waals surface area contributed by atoms with Gasteiger partial charge in [0.05, 0.1) is 11.3 Å². The molecule has 0 saturated carbocycles. The summed E-state index contributed by atoms with van der Waals surface area (Å²) in [5.74, 6) is -0.868. The minimum absolute atomic E-state index is 0.0150. The zero-order chi connectivity index (χ0) is 14.4. The van der Waals surface area contributed by atoms with E-state index >= 15 is 0 Å². The van der Waals surface area contributed by atoms with Gasteiger partial charge in [0.25, 0.3) is 5.69 Å². The molecule has 1 aromatic rings. The van der Waals surface area contributed by atoms with Crippen molar-refractivity contribution >= 4 is 17.7 Å². The van der Waals surface area contributed by atoms with Crippen LogP contribution in [0, 0.1) is 10.1 Å². The molecule has 0 heterocycles. The molecule has 0 aromatic heterocycles. The molecule has 0 fully saturated rings. The zero-order valence-corrected chi connectivity index (χ0v) is 10.1. The SMILES string of the molecule is CN(CCC(=O)O)C(=O)Oc1ccc([N+](=O)[O-])cc1. The van der Waals surface area contributed by atoms with Crippen molar-refractivity contribution < 1.29 is 24.4 Å². The van der Waals surface area contributed by atoms with Crippen LogP contribution in [0.4, 0.5) is 10.5 Å². The van der Waals surface area contributed by atoms with Crippen molar-refractivity contribution in [3.8, 4) is 5.75 Å². The van der Waals surface area contributed by atoms with Crippen molar-refractivity contribution in [2.45, 2.75) is 6.42 Å². The number of nitro benzene ring substituents is 1. The van der Waals surface area contributed by atoms with Gasteiger partial charge in [0, 0.05) is 25.7 Å². The monoisotopic (exact) mass is 268 g/mol. The lowest BCUT2D eigenvalue weighted by Gasteiger charge is -2.15. The molecule has 0 aliphatic carbocycles.